The van der Waals surface area contributed by atoms with Crippen LogP contribution in [-0.2, 0) is 20.6 Å². The number of hydrogen-bond acceptors (Lipinski definition) is 3. The van der Waals surface area contributed by atoms with Crippen molar-refractivity contribution in [2.45, 2.75) is 31.6 Å². The highest BCUT2D eigenvalue weighted by Crippen LogP contribution is 2.26. The van der Waals surface area contributed by atoms with Gasteiger partial charge < -0.3 is 5.32 Å². The summed E-state index contributed by atoms with van der Waals surface area (Å²) in [5.74, 6) is -0.700. The van der Waals surface area contributed by atoms with E-state index in [-0.39, 0.29) is 30.2 Å². The summed E-state index contributed by atoms with van der Waals surface area (Å²) in [5, 5.41) is 3.79. The van der Waals surface area contributed by atoms with Crippen LogP contribution in [0.15, 0.2) is 48.5 Å². The Morgan fingerprint density at radius 2 is 1.93 bits per heavy atom. The zero-order valence-electron chi connectivity index (χ0n) is 16.1. The number of carbonyl (C=O) groups is 1. The molecule has 8 heteroatoms. The minimum Gasteiger partial charge on any atom is -0.349 e. The molecule has 156 valence electrons. The molecule has 0 radical (unpaired) electrons. The van der Waals surface area contributed by atoms with Gasteiger partial charge in [0.05, 0.1) is 17.7 Å². The van der Waals surface area contributed by atoms with Crippen molar-refractivity contribution in [2.24, 2.45) is 5.92 Å². The summed E-state index contributed by atoms with van der Waals surface area (Å²) in [6.07, 6.45) is 1.31. The van der Waals surface area contributed by atoms with Crippen molar-refractivity contribution < 1.29 is 13.2 Å². The summed E-state index contributed by atoms with van der Waals surface area (Å²) in [6, 6.07) is 14.3. The summed E-state index contributed by atoms with van der Waals surface area (Å²) in [7, 11) is -3.59. The van der Waals surface area contributed by atoms with Crippen LogP contribution >= 0.6 is 23.2 Å². The molecule has 0 bridgehead atoms. The molecule has 1 fully saturated rings. The van der Waals surface area contributed by atoms with E-state index >= 15 is 0 Å². The van der Waals surface area contributed by atoms with Gasteiger partial charge in [0, 0.05) is 23.1 Å². The lowest BCUT2D eigenvalue weighted by Crippen LogP contribution is -2.46. The normalized spacial score (nSPS) is 18.9. The number of hydrogen-bond donors (Lipinski definition) is 1. The van der Waals surface area contributed by atoms with Crippen LogP contribution in [-0.4, -0.2) is 31.7 Å². The first kappa shape index (κ1) is 22.1. The fourth-order valence-electron chi connectivity index (χ4n) is 3.49. The molecule has 0 saturated carbocycles. The second-order valence-corrected chi connectivity index (χ2v) is 10.1. The standard InChI is InChI=1S/C21H24Cl2N2O3S/c1-15(16-6-3-2-4-7-16)24-21(26)17-8-5-11-25(13-17)29(27,28)14-18-9-10-19(22)12-20(18)23/h2-4,6-7,9-10,12,15,17H,5,8,11,13-14H2,1H3,(H,24,26)/t15-,17-/m0/s1. The average molecular weight is 455 g/mol. The Morgan fingerprint density at radius 1 is 1.21 bits per heavy atom. The van der Waals surface area contributed by atoms with Gasteiger partial charge in [-0.1, -0.05) is 59.6 Å². The highest BCUT2D eigenvalue weighted by Gasteiger charge is 2.33. The van der Waals surface area contributed by atoms with Crippen molar-refractivity contribution >= 4 is 39.1 Å². The Labute approximate surface area is 182 Å². The van der Waals surface area contributed by atoms with Crippen LogP contribution < -0.4 is 5.32 Å². The summed E-state index contributed by atoms with van der Waals surface area (Å²) in [6.45, 7) is 2.51. The Balaban J connectivity index is 1.65. The minimum absolute atomic E-state index is 0.120. The predicted molar refractivity (Wildman–Crippen MR) is 116 cm³/mol. The smallest absolute Gasteiger partial charge is 0.224 e. The van der Waals surface area contributed by atoms with Gasteiger partial charge in [0.1, 0.15) is 0 Å². The molecule has 2 atom stereocenters. The van der Waals surface area contributed by atoms with Crippen molar-refractivity contribution in [1.82, 2.24) is 9.62 Å². The Hall–Kier alpha value is -1.60. The number of nitrogens with one attached hydrogen (secondary N) is 1. The molecular formula is C21H24Cl2N2O3S. The molecule has 1 aliphatic rings. The van der Waals surface area contributed by atoms with Gasteiger partial charge in [-0.3, -0.25) is 4.79 Å². The van der Waals surface area contributed by atoms with Crippen LogP contribution in [0, 0.1) is 5.92 Å². The lowest BCUT2D eigenvalue weighted by Gasteiger charge is -2.32. The van der Waals surface area contributed by atoms with Gasteiger partial charge in [-0.2, -0.15) is 0 Å². The molecule has 1 aliphatic heterocycles. The van der Waals surface area contributed by atoms with E-state index in [9.17, 15) is 13.2 Å². The number of benzene rings is 2. The lowest BCUT2D eigenvalue weighted by atomic mass is 9.98. The molecular weight excluding hydrogens is 431 g/mol. The first-order chi connectivity index (χ1) is 13.8. The molecule has 1 heterocycles. The van der Waals surface area contributed by atoms with Crippen LogP contribution in [0.25, 0.3) is 0 Å². The molecule has 1 saturated heterocycles. The zero-order chi connectivity index (χ0) is 21.0. The van der Waals surface area contributed by atoms with Crippen LogP contribution in [0.3, 0.4) is 0 Å². The van der Waals surface area contributed by atoms with Gasteiger partial charge in [-0.05, 0) is 43.0 Å². The molecule has 1 N–H and O–H groups in total. The number of amides is 1. The summed E-state index contributed by atoms with van der Waals surface area (Å²) in [5.41, 5.74) is 1.51. The fraction of sp³-hybridized carbons (Fsp3) is 0.381. The molecule has 5 nitrogen and oxygen atoms in total. The number of carbonyl (C=O) groups excluding carboxylic acids is 1. The van der Waals surface area contributed by atoms with E-state index in [4.69, 9.17) is 23.2 Å². The van der Waals surface area contributed by atoms with Gasteiger partial charge in [-0.15, -0.1) is 0 Å². The maximum absolute atomic E-state index is 12.9. The van der Waals surface area contributed by atoms with Crippen molar-refractivity contribution in [1.29, 1.82) is 0 Å². The third-order valence-corrected chi connectivity index (χ3v) is 7.54. The fourth-order valence-corrected chi connectivity index (χ4v) is 5.69. The predicted octanol–water partition coefficient (Wildman–Crippen LogP) is 4.41. The number of nitrogens with zero attached hydrogens (tertiary/aromatic N) is 1. The molecule has 2 aromatic carbocycles. The molecule has 0 unspecified atom stereocenters. The van der Waals surface area contributed by atoms with Crippen molar-refractivity contribution in [3.05, 3.63) is 69.7 Å². The van der Waals surface area contributed by atoms with Gasteiger partial charge in [0.2, 0.25) is 15.9 Å². The average Bonchev–Trinajstić information content (AvgIpc) is 2.71. The summed E-state index contributed by atoms with van der Waals surface area (Å²) >= 11 is 12.0. The van der Waals surface area contributed by atoms with Gasteiger partial charge in [0.25, 0.3) is 0 Å². The van der Waals surface area contributed by atoms with E-state index in [2.05, 4.69) is 5.32 Å². The monoisotopic (exact) mass is 454 g/mol. The Morgan fingerprint density at radius 3 is 2.62 bits per heavy atom. The molecule has 3 rings (SSSR count). The summed E-state index contributed by atoms with van der Waals surface area (Å²) in [4.78, 5) is 12.7. The molecule has 0 spiro atoms. The SMILES string of the molecule is C[C@H](NC(=O)[C@H]1CCCN(S(=O)(=O)Cc2ccc(Cl)cc2Cl)C1)c1ccccc1. The second kappa shape index (κ2) is 9.47. The third kappa shape index (κ3) is 5.72. The van der Waals surface area contributed by atoms with E-state index in [0.29, 0.717) is 35.0 Å². The Kier molecular flexibility index (Phi) is 7.22. The lowest BCUT2D eigenvalue weighted by molar-refractivity contribution is -0.126. The van der Waals surface area contributed by atoms with Gasteiger partial charge in [0.15, 0.2) is 0 Å². The van der Waals surface area contributed by atoms with E-state index in [1.165, 1.54) is 10.4 Å². The van der Waals surface area contributed by atoms with Gasteiger partial charge >= 0.3 is 0 Å². The highest BCUT2D eigenvalue weighted by molar-refractivity contribution is 7.88. The van der Waals surface area contributed by atoms with Crippen LogP contribution in [0.4, 0.5) is 0 Å². The molecule has 0 aliphatic carbocycles. The zero-order valence-corrected chi connectivity index (χ0v) is 18.5. The molecule has 29 heavy (non-hydrogen) atoms. The van der Waals surface area contributed by atoms with Crippen LogP contribution in [0.5, 0.6) is 0 Å². The topological polar surface area (TPSA) is 66.5 Å². The molecule has 0 aromatic heterocycles. The van der Waals surface area contributed by atoms with E-state index in [0.717, 1.165) is 5.56 Å². The quantitative estimate of drug-likeness (QED) is 0.702. The first-order valence-electron chi connectivity index (χ1n) is 9.53. The maximum Gasteiger partial charge on any atom is 0.224 e. The maximum atomic E-state index is 12.9. The van der Waals surface area contributed by atoms with E-state index in [1.807, 2.05) is 37.3 Å². The number of sulfonamides is 1. The van der Waals surface area contributed by atoms with Crippen molar-refractivity contribution in [2.75, 3.05) is 13.1 Å². The number of halogens is 2. The van der Waals surface area contributed by atoms with Crippen molar-refractivity contribution in [3.63, 3.8) is 0 Å². The van der Waals surface area contributed by atoms with E-state index in [1.54, 1.807) is 12.1 Å². The first-order valence-corrected chi connectivity index (χ1v) is 11.9. The number of piperidine rings is 1. The summed E-state index contributed by atoms with van der Waals surface area (Å²) < 4.78 is 27.2. The van der Waals surface area contributed by atoms with Crippen LogP contribution in [0.2, 0.25) is 10.0 Å². The van der Waals surface area contributed by atoms with Gasteiger partial charge in [-0.25, -0.2) is 12.7 Å². The Bertz CT molecular complexity index is 967. The third-order valence-electron chi connectivity index (χ3n) is 5.16. The number of rotatable bonds is 6. The minimum atomic E-state index is -3.59. The van der Waals surface area contributed by atoms with Crippen molar-refractivity contribution in [3.8, 4) is 0 Å². The molecule has 2 aromatic rings. The second-order valence-electron chi connectivity index (χ2n) is 7.33. The molecule has 1 amide bonds. The largest absolute Gasteiger partial charge is 0.349 e. The van der Waals surface area contributed by atoms with E-state index < -0.39 is 10.0 Å². The highest BCUT2D eigenvalue weighted by atomic mass is 35.5. The van der Waals surface area contributed by atoms with Crippen LogP contribution in [0.1, 0.15) is 36.9 Å².